The van der Waals surface area contributed by atoms with E-state index in [1.54, 1.807) is 53.6 Å². The molecule has 29 heteroatoms. The predicted octanol–water partition coefficient (Wildman–Crippen LogP) is 5.47. The van der Waals surface area contributed by atoms with Crippen LogP contribution in [-0.4, -0.2) is 237 Å². The number of ether oxygens (including phenoxy) is 13. The number of nitrogens with zero attached hydrogens (tertiary/aromatic N) is 6. The van der Waals surface area contributed by atoms with Crippen molar-refractivity contribution in [3.8, 4) is 27.8 Å². The molecule has 3 N–H and O–H groups in total. The highest BCUT2D eigenvalue weighted by atomic mass is 32.1. The van der Waals surface area contributed by atoms with Crippen LogP contribution in [0.15, 0.2) is 87.6 Å². The number of rotatable bonds is 49. The molecule has 1 fully saturated rings. The predicted molar refractivity (Wildman–Crippen MR) is 355 cm³/mol. The minimum atomic E-state index is -0.811. The van der Waals surface area contributed by atoms with E-state index in [0.717, 1.165) is 21.7 Å². The van der Waals surface area contributed by atoms with Gasteiger partial charge in [0.2, 0.25) is 23.6 Å². The maximum Gasteiger partial charge on any atom is 0.274 e. The molecule has 1 aliphatic rings. The highest BCUT2D eigenvalue weighted by Crippen LogP contribution is 2.29. The van der Waals surface area contributed by atoms with Gasteiger partial charge in [0, 0.05) is 38.3 Å². The lowest BCUT2D eigenvalue weighted by molar-refractivity contribution is -0.144. The first kappa shape index (κ1) is 76.1. The number of nitrogens with one attached hydrogen (secondary N) is 3. The monoisotopic (exact) mass is 1360 g/mol. The van der Waals surface area contributed by atoms with E-state index in [0.29, 0.717) is 213 Å². The zero-order chi connectivity index (χ0) is 68.0. The summed E-state index contributed by atoms with van der Waals surface area (Å²) in [6.07, 6.45) is 2.81. The Labute approximate surface area is 563 Å². The molecule has 0 radical (unpaired) electrons. The molecular weight excluding hydrogens is 1270 g/mol. The summed E-state index contributed by atoms with van der Waals surface area (Å²) in [4.78, 5) is 80.6. The van der Waals surface area contributed by atoms with Gasteiger partial charge in [-0.3, -0.25) is 24.0 Å². The first-order valence-corrected chi connectivity index (χ1v) is 33.3. The van der Waals surface area contributed by atoms with Crippen LogP contribution in [0, 0.1) is 12.3 Å². The summed E-state index contributed by atoms with van der Waals surface area (Å²) < 4.78 is 79.4. The largest absolute Gasteiger partial charge is 0.490 e. The molecule has 0 spiro atoms. The van der Waals surface area contributed by atoms with E-state index in [9.17, 15) is 24.0 Å². The zero-order valence-electron chi connectivity index (χ0n) is 55.7. The van der Waals surface area contributed by atoms with Crippen molar-refractivity contribution in [1.29, 1.82) is 0 Å². The standard InChI is InChI=1S/C67H93N9O19S/c1-49-61(96-48-70-49)51-10-8-50(9-11-51)46-69-64(80)57-7-6-19-76(57)66(81)62(67(2,3)4)73-59(77)18-20-82-21-22-83-23-24-84-25-26-85-27-28-86-29-30-87-31-32-88-33-34-89-35-36-90-37-38-91-39-40-92-41-42-93-43-44-94-53-13-14-54(68-47-53)63(79)71-52-12-16-58-56(45-52)72-65(95-58)55-15-17-60(78)75(5)74-55/h8-17,45,47-48,57,62H,6-7,18-44,46H2,1-5H3,(H,69,80)(H,71,79)(H,73,77)/t57-,62?/m0/s1. The summed E-state index contributed by atoms with van der Waals surface area (Å²) in [6, 6.07) is 17.8. The van der Waals surface area contributed by atoms with Crippen molar-refractivity contribution >= 4 is 51.8 Å². The molecule has 0 saturated carbocycles. The Bertz CT molecular complexity index is 3290. The van der Waals surface area contributed by atoms with Crippen molar-refractivity contribution in [2.75, 3.05) is 177 Å². The molecule has 1 unspecified atom stereocenters. The van der Waals surface area contributed by atoms with Gasteiger partial charge < -0.3 is 86.8 Å². The third-order valence-electron chi connectivity index (χ3n) is 14.5. The zero-order valence-corrected chi connectivity index (χ0v) is 56.5. The molecule has 28 nitrogen and oxygen atoms in total. The van der Waals surface area contributed by atoms with Crippen molar-refractivity contribution in [3.05, 3.63) is 106 Å². The molecule has 2 aromatic carbocycles. The SMILES string of the molecule is Cc1ncsc1-c1ccc(CNC(=O)[C@@H]2CCCN2C(=O)C(NC(=O)CCOCCOCCOCCOCCOCCOCCOCCOCCOCCOCCOCCOCCOc2ccc(C(=O)Nc3ccc4oc(-c5ccc(=O)n(C)n5)nc4c3)nc2)C(C)(C)C)cc1. The lowest BCUT2D eigenvalue weighted by atomic mass is 9.85. The Morgan fingerprint density at radius 3 is 1.67 bits per heavy atom. The lowest BCUT2D eigenvalue weighted by Crippen LogP contribution is -2.57. The number of benzene rings is 2. The molecule has 1 saturated heterocycles. The average molecular weight is 1360 g/mol. The first-order valence-electron chi connectivity index (χ1n) is 32.4. The van der Waals surface area contributed by atoms with Gasteiger partial charge in [0.15, 0.2) is 5.58 Å². The second-order valence-corrected chi connectivity index (χ2v) is 23.8. The van der Waals surface area contributed by atoms with Crippen LogP contribution in [0.5, 0.6) is 5.75 Å². The summed E-state index contributed by atoms with van der Waals surface area (Å²) in [6.45, 7) is 18.6. The Morgan fingerprint density at radius 2 is 1.18 bits per heavy atom. The van der Waals surface area contributed by atoms with Crippen molar-refractivity contribution in [2.24, 2.45) is 12.5 Å². The molecular formula is C67H93N9O19S. The normalized spacial score (nSPS) is 13.6. The van der Waals surface area contributed by atoms with Gasteiger partial charge in [-0.2, -0.15) is 5.10 Å². The summed E-state index contributed by atoms with van der Waals surface area (Å²) in [5.41, 5.74) is 6.14. The Hall–Kier alpha value is -7.23. The first-order chi connectivity index (χ1) is 46.7. The summed E-state index contributed by atoms with van der Waals surface area (Å²) >= 11 is 1.59. The van der Waals surface area contributed by atoms with Gasteiger partial charge in [0.25, 0.3) is 11.5 Å². The third-order valence-corrected chi connectivity index (χ3v) is 15.5. The van der Waals surface area contributed by atoms with Crippen molar-refractivity contribution in [3.63, 3.8) is 0 Å². The molecule has 6 aromatic rings. The lowest BCUT2D eigenvalue weighted by Gasteiger charge is -2.35. The fourth-order valence-corrected chi connectivity index (χ4v) is 10.3. The van der Waals surface area contributed by atoms with Gasteiger partial charge in [-0.15, -0.1) is 11.3 Å². The summed E-state index contributed by atoms with van der Waals surface area (Å²) in [5, 5.41) is 12.9. The molecule has 526 valence electrons. The molecule has 1 aliphatic heterocycles. The van der Waals surface area contributed by atoms with E-state index >= 15 is 0 Å². The van der Waals surface area contributed by atoms with E-state index < -0.39 is 23.4 Å². The number of anilines is 1. The number of thiazole rings is 1. The van der Waals surface area contributed by atoms with Crippen molar-refractivity contribution in [2.45, 2.75) is 65.6 Å². The molecule has 4 aromatic heterocycles. The number of carbonyl (C=O) groups is 4. The maximum absolute atomic E-state index is 13.9. The number of oxazole rings is 1. The molecule has 7 rings (SSSR count). The quantitative estimate of drug-likeness (QED) is 0.0398. The summed E-state index contributed by atoms with van der Waals surface area (Å²) in [7, 11) is 1.54. The molecule has 0 bridgehead atoms. The molecule has 4 amide bonds. The second kappa shape index (κ2) is 43.1. The average Bonchev–Trinajstić information content (AvgIpc) is 1.43. The summed E-state index contributed by atoms with van der Waals surface area (Å²) in [5.74, 6) is -0.433. The Morgan fingerprint density at radius 1 is 0.646 bits per heavy atom. The van der Waals surface area contributed by atoms with Gasteiger partial charge in [0.05, 0.1) is 181 Å². The number of aromatic nitrogens is 5. The van der Waals surface area contributed by atoms with Gasteiger partial charge in [0.1, 0.15) is 41.3 Å². The van der Waals surface area contributed by atoms with Crippen molar-refractivity contribution in [1.82, 2.24) is 40.3 Å². The topological polar surface area (TPSA) is 314 Å². The van der Waals surface area contributed by atoms with Crippen LogP contribution in [0.4, 0.5) is 5.69 Å². The number of hydrogen-bond donors (Lipinski definition) is 3. The van der Waals surface area contributed by atoms with E-state index in [-0.39, 0.29) is 47.9 Å². The van der Waals surface area contributed by atoms with Crippen LogP contribution in [0.3, 0.4) is 0 Å². The Kier molecular flexibility index (Phi) is 34.2. The second-order valence-electron chi connectivity index (χ2n) is 22.9. The molecule has 0 aliphatic carbocycles. The van der Waals surface area contributed by atoms with Gasteiger partial charge in [-0.1, -0.05) is 45.0 Å². The fourth-order valence-electron chi connectivity index (χ4n) is 9.44. The molecule has 5 heterocycles. The number of likely N-dealkylation sites (tertiary alicyclic amines) is 1. The van der Waals surface area contributed by atoms with Gasteiger partial charge >= 0.3 is 0 Å². The fraction of sp³-hybridized carbons (Fsp3) is 0.567. The minimum Gasteiger partial charge on any atom is -0.490 e. The Balaban J connectivity index is 0.551. The third kappa shape index (κ3) is 27.7. The van der Waals surface area contributed by atoms with Crippen LogP contribution in [-0.2, 0) is 84.8 Å². The number of amides is 4. The van der Waals surface area contributed by atoms with Crippen LogP contribution in [0.1, 0.15) is 61.8 Å². The highest BCUT2D eigenvalue weighted by Gasteiger charge is 2.42. The maximum atomic E-state index is 13.9. The van der Waals surface area contributed by atoms with Crippen LogP contribution < -0.4 is 26.2 Å². The van der Waals surface area contributed by atoms with E-state index in [2.05, 4.69) is 36.0 Å². The highest BCUT2D eigenvalue weighted by molar-refractivity contribution is 7.13. The van der Waals surface area contributed by atoms with E-state index in [1.807, 2.05) is 57.5 Å². The van der Waals surface area contributed by atoms with Crippen LogP contribution >= 0.6 is 11.3 Å². The number of fused-ring (bicyclic) bond motifs is 1. The van der Waals surface area contributed by atoms with Crippen LogP contribution in [0.2, 0.25) is 0 Å². The van der Waals surface area contributed by atoms with Crippen LogP contribution in [0.25, 0.3) is 33.1 Å². The molecule has 2 atom stereocenters. The van der Waals surface area contributed by atoms with E-state index in [4.69, 9.17) is 66.0 Å². The number of hydrogen-bond acceptors (Lipinski definition) is 24. The molecule has 96 heavy (non-hydrogen) atoms. The number of aryl methyl sites for hydroxylation is 2. The number of pyridine rings is 1. The number of carbonyl (C=O) groups excluding carboxylic acids is 4. The van der Waals surface area contributed by atoms with Gasteiger partial charge in [-0.25, -0.2) is 19.6 Å². The van der Waals surface area contributed by atoms with E-state index in [1.165, 1.54) is 23.0 Å². The minimum absolute atomic E-state index is 0.0757. The smallest absolute Gasteiger partial charge is 0.274 e. The van der Waals surface area contributed by atoms with Gasteiger partial charge in [-0.05, 0) is 72.7 Å². The van der Waals surface area contributed by atoms with Crippen molar-refractivity contribution < 1.29 is 85.2 Å².